The highest BCUT2D eigenvalue weighted by Gasteiger charge is 2.05. The van der Waals surface area contributed by atoms with Crippen LogP contribution in [0.2, 0.25) is 0 Å². The molecule has 14 heavy (non-hydrogen) atoms. The highest BCUT2D eigenvalue weighted by atomic mass is 16.5. The van der Waals surface area contributed by atoms with Crippen LogP contribution >= 0.6 is 0 Å². The molecule has 0 bridgehead atoms. The molecule has 0 fully saturated rings. The maximum Gasteiger partial charge on any atom is 0.218 e. The van der Waals surface area contributed by atoms with Crippen LogP contribution in [0.3, 0.4) is 0 Å². The third-order valence-electron chi connectivity index (χ3n) is 2.21. The van der Waals surface area contributed by atoms with Crippen molar-refractivity contribution in [3.05, 3.63) is 59.1 Å². The molecule has 0 aliphatic carbocycles. The lowest BCUT2D eigenvalue weighted by Crippen LogP contribution is -2.39. The van der Waals surface area contributed by atoms with Gasteiger partial charge in [0.25, 0.3) is 0 Å². The van der Waals surface area contributed by atoms with E-state index in [2.05, 4.69) is 0 Å². The van der Waals surface area contributed by atoms with Crippen molar-refractivity contribution in [1.82, 2.24) is 4.68 Å². The molecule has 0 amide bonds. The molecule has 1 aromatic heterocycles. The van der Waals surface area contributed by atoms with Gasteiger partial charge in [0.2, 0.25) is 5.69 Å². The van der Waals surface area contributed by atoms with E-state index in [-0.39, 0.29) is 0 Å². The molecule has 1 aromatic carbocycles. The highest BCUT2D eigenvalue weighted by Crippen LogP contribution is 2.01. The van der Waals surface area contributed by atoms with E-state index in [4.69, 9.17) is 0 Å². The SMILES string of the molecule is Cc1ccn(Cc2ccccc2)[n+]1[O-]. The van der Waals surface area contributed by atoms with Crippen molar-refractivity contribution in [3.63, 3.8) is 0 Å². The molecule has 0 radical (unpaired) electrons. The lowest BCUT2D eigenvalue weighted by Gasteiger charge is -2.03. The summed E-state index contributed by atoms with van der Waals surface area (Å²) in [7, 11) is 0. The van der Waals surface area contributed by atoms with Crippen molar-refractivity contribution in [2.45, 2.75) is 13.5 Å². The molecule has 2 aromatic rings. The average molecular weight is 188 g/mol. The smallest absolute Gasteiger partial charge is 0.218 e. The van der Waals surface area contributed by atoms with Gasteiger partial charge in [0.15, 0.2) is 0 Å². The Hall–Kier alpha value is -1.77. The Bertz CT molecular complexity index is 420. The summed E-state index contributed by atoms with van der Waals surface area (Å²) >= 11 is 0. The van der Waals surface area contributed by atoms with E-state index in [0.717, 1.165) is 16.1 Å². The fraction of sp³-hybridized carbons (Fsp3) is 0.182. The molecule has 3 nitrogen and oxygen atoms in total. The summed E-state index contributed by atoms with van der Waals surface area (Å²) in [6, 6.07) is 11.7. The Balaban J connectivity index is 2.23. The van der Waals surface area contributed by atoms with E-state index in [1.807, 2.05) is 36.4 Å². The monoisotopic (exact) mass is 188 g/mol. The lowest BCUT2D eigenvalue weighted by atomic mass is 10.2. The van der Waals surface area contributed by atoms with Gasteiger partial charge in [-0.2, -0.15) is 0 Å². The summed E-state index contributed by atoms with van der Waals surface area (Å²) in [5.74, 6) is 0. The first-order chi connectivity index (χ1) is 6.77. The average Bonchev–Trinajstić information content (AvgIpc) is 2.52. The van der Waals surface area contributed by atoms with Crippen molar-refractivity contribution in [1.29, 1.82) is 0 Å². The summed E-state index contributed by atoms with van der Waals surface area (Å²) in [4.78, 5) is 0.910. The quantitative estimate of drug-likeness (QED) is 0.519. The first-order valence-corrected chi connectivity index (χ1v) is 4.57. The van der Waals surface area contributed by atoms with Crippen LogP contribution in [0.5, 0.6) is 0 Å². The van der Waals surface area contributed by atoms with E-state index in [1.165, 1.54) is 0 Å². The fourth-order valence-corrected chi connectivity index (χ4v) is 1.41. The standard InChI is InChI=1S/C11H12N2O/c1-10-7-8-12(13(10)14)9-11-5-3-2-4-6-11/h2-8H,9H2,1H3. The molecular weight excluding hydrogens is 176 g/mol. The summed E-state index contributed by atoms with van der Waals surface area (Å²) in [5, 5.41) is 11.5. The number of benzene rings is 1. The van der Waals surface area contributed by atoms with Crippen LogP contribution in [0.4, 0.5) is 0 Å². The first-order valence-electron chi connectivity index (χ1n) is 4.57. The molecule has 0 N–H and O–H groups in total. The minimum atomic E-state index is 0.623. The molecule has 0 spiro atoms. The van der Waals surface area contributed by atoms with Crippen LogP contribution in [0.1, 0.15) is 11.3 Å². The molecule has 0 atom stereocenters. The molecule has 0 saturated carbocycles. The normalized spacial score (nSPS) is 10.4. The summed E-state index contributed by atoms with van der Waals surface area (Å²) in [6.45, 7) is 2.42. The summed E-state index contributed by atoms with van der Waals surface area (Å²) < 4.78 is 1.64. The summed E-state index contributed by atoms with van der Waals surface area (Å²) in [5.41, 5.74) is 1.86. The molecule has 2 rings (SSSR count). The topological polar surface area (TPSA) is 31.9 Å². The molecule has 72 valence electrons. The van der Waals surface area contributed by atoms with Gasteiger partial charge < -0.3 is 5.21 Å². The number of aryl methyl sites for hydroxylation is 1. The van der Waals surface area contributed by atoms with E-state index in [9.17, 15) is 5.21 Å². The molecule has 3 heteroatoms. The van der Waals surface area contributed by atoms with Gasteiger partial charge in [0, 0.05) is 13.0 Å². The second kappa shape index (κ2) is 3.54. The third kappa shape index (κ3) is 1.62. The van der Waals surface area contributed by atoms with Gasteiger partial charge in [-0.05, 0) is 5.56 Å². The zero-order valence-electron chi connectivity index (χ0n) is 8.05. The number of nitrogens with zero attached hydrogens (tertiary/aromatic N) is 2. The number of aromatic nitrogens is 2. The van der Waals surface area contributed by atoms with Crippen molar-refractivity contribution >= 4 is 0 Å². The first kappa shape index (κ1) is 8.81. The Morgan fingerprint density at radius 2 is 1.93 bits per heavy atom. The third-order valence-corrected chi connectivity index (χ3v) is 2.21. The minimum Gasteiger partial charge on any atom is -0.596 e. The van der Waals surface area contributed by atoms with Gasteiger partial charge in [-0.3, -0.25) is 0 Å². The van der Waals surface area contributed by atoms with Crippen molar-refractivity contribution < 1.29 is 4.85 Å². The Morgan fingerprint density at radius 1 is 1.21 bits per heavy atom. The largest absolute Gasteiger partial charge is 0.596 e. The Kier molecular flexibility index (Phi) is 2.23. The van der Waals surface area contributed by atoms with Gasteiger partial charge in [-0.1, -0.05) is 35.2 Å². The second-order valence-corrected chi connectivity index (χ2v) is 3.31. The molecular formula is C11H12N2O. The Morgan fingerprint density at radius 3 is 2.50 bits per heavy atom. The zero-order valence-corrected chi connectivity index (χ0v) is 8.05. The maximum absolute atomic E-state index is 11.5. The lowest BCUT2D eigenvalue weighted by molar-refractivity contribution is -0.699. The maximum atomic E-state index is 11.5. The van der Waals surface area contributed by atoms with Gasteiger partial charge in [0.05, 0.1) is 6.20 Å². The number of hydrogen-bond acceptors (Lipinski definition) is 1. The van der Waals surface area contributed by atoms with E-state index >= 15 is 0 Å². The molecule has 0 aliphatic rings. The van der Waals surface area contributed by atoms with Crippen LogP contribution in [0.25, 0.3) is 0 Å². The van der Waals surface area contributed by atoms with Gasteiger partial charge in [-0.25, -0.2) is 0 Å². The van der Waals surface area contributed by atoms with Crippen LogP contribution in [-0.4, -0.2) is 4.68 Å². The summed E-state index contributed by atoms with van der Waals surface area (Å²) in [6.07, 6.45) is 1.80. The van der Waals surface area contributed by atoms with E-state index < -0.39 is 0 Å². The van der Waals surface area contributed by atoms with Crippen LogP contribution < -0.4 is 4.85 Å². The van der Waals surface area contributed by atoms with Crippen LogP contribution in [0, 0.1) is 12.1 Å². The van der Waals surface area contributed by atoms with Gasteiger partial charge in [0.1, 0.15) is 6.54 Å². The van der Waals surface area contributed by atoms with Crippen molar-refractivity contribution in [3.8, 4) is 0 Å². The highest BCUT2D eigenvalue weighted by molar-refractivity contribution is 5.14. The molecule has 0 unspecified atom stereocenters. The second-order valence-electron chi connectivity index (χ2n) is 3.31. The van der Waals surface area contributed by atoms with Gasteiger partial charge in [-0.15, -0.1) is 4.68 Å². The van der Waals surface area contributed by atoms with Crippen molar-refractivity contribution in [2.75, 3.05) is 0 Å². The number of hydrogen-bond donors (Lipinski definition) is 0. The fourth-order valence-electron chi connectivity index (χ4n) is 1.41. The molecule has 0 aliphatic heterocycles. The van der Waals surface area contributed by atoms with Crippen LogP contribution in [0.15, 0.2) is 42.6 Å². The predicted molar refractivity (Wildman–Crippen MR) is 53.7 cm³/mol. The van der Waals surface area contributed by atoms with Crippen molar-refractivity contribution in [2.24, 2.45) is 0 Å². The van der Waals surface area contributed by atoms with Gasteiger partial charge >= 0.3 is 0 Å². The Labute approximate surface area is 82.8 Å². The zero-order chi connectivity index (χ0) is 9.97. The van der Waals surface area contributed by atoms with E-state index in [0.29, 0.717) is 6.54 Å². The van der Waals surface area contributed by atoms with Crippen LogP contribution in [-0.2, 0) is 6.54 Å². The predicted octanol–water partition coefficient (Wildman–Crippen LogP) is 1.48. The number of rotatable bonds is 2. The minimum absolute atomic E-state index is 0.623. The molecule has 0 saturated heterocycles. The van der Waals surface area contributed by atoms with E-state index in [1.54, 1.807) is 17.8 Å². The molecule has 1 heterocycles.